The summed E-state index contributed by atoms with van der Waals surface area (Å²) in [5.74, 6) is 0.925. The highest BCUT2D eigenvalue weighted by atomic mass is 16.2. The van der Waals surface area contributed by atoms with Crippen molar-refractivity contribution in [2.24, 2.45) is 12.5 Å². The number of nitrogens with zero attached hydrogens (tertiary/aromatic N) is 6. The van der Waals surface area contributed by atoms with Gasteiger partial charge in [0.1, 0.15) is 11.5 Å². The fraction of sp³-hybridized carbons (Fsp3) is 0.478. The summed E-state index contributed by atoms with van der Waals surface area (Å²) in [7, 11) is 1.99. The van der Waals surface area contributed by atoms with Crippen molar-refractivity contribution in [2.75, 3.05) is 18.0 Å². The minimum absolute atomic E-state index is 0.0379. The minimum atomic E-state index is -0.153. The van der Waals surface area contributed by atoms with Crippen LogP contribution in [0, 0.1) is 12.3 Å². The summed E-state index contributed by atoms with van der Waals surface area (Å²) in [5, 5.41) is 3.09. The van der Waals surface area contributed by atoms with Crippen LogP contribution in [-0.4, -0.2) is 43.1 Å². The third-order valence-corrected chi connectivity index (χ3v) is 7.13. The van der Waals surface area contributed by atoms with Crippen LogP contribution in [0.1, 0.15) is 58.4 Å². The van der Waals surface area contributed by atoms with Crippen LogP contribution in [0.25, 0.3) is 0 Å². The number of hydrogen-bond acceptors (Lipinski definition) is 5. The molecule has 6 rings (SSSR count). The molecule has 1 N–H and O–H groups in total. The van der Waals surface area contributed by atoms with E-state index >= 15 is 0 Å². The largest absolute Gasteiger partial charge is 0.355 e. The molecular weight excluding hydrogens is 390 g/mol. The molecular formula is C23H27N7O. The quantitative estimate of drug-likeness (QED) is 0.689. The Morgan fingerprint density at radius 1 is 1.23 bits per heavy atom. The van der Waals surface area contributed by atoms with Crippen molar-refractivity contribution < 1.29 is 4.79 Å². The van der Waals surface area contributed by atoms with Crippen LogP contribution in [-0.2, 0) is 20.0 Å². The van der Waals surface area contributed by atoms with Crippen molar-refractivity contribution in [2.45, 2.75) is 45.2 Å². The van der Waals surface area contributed by atoms with Crippen molar-refractivity contribution in [1.29, 1.82) is 0 Å². The molecule has 1 atom stereocenters. The molecule has 0 aromatic carbocycles. The number of fused-ring (bicyclic) bond motifs is 1. The number of anilines is 1. The Labute approximate surface area is 181 Å². The lowest BCUT2D eigenvalue weighted by molar-refractivity contribution is 0.0931. The number of pyridine rings is 1. The van der Waals surface area contributed by atoms with Gasteiger partial charge in [0.25, 0.3) is 5.91 Å². The maximum atomic E-state index is 12.7. The maximum Gasteiger partial charge on any atom is 0.272 e. The smallest absolute Gasteiger partial charge is 0.272 e. The van der Waals surface area contributed by atoms with E-state index in [1.54, 1.807) is 6.33 Å². The first-order valence-electron chi connectivity index (χ1n) is 11.0. The molecule has 8 nitrogen and oxygen atoms in total. The first-order chi connectivity index (χ1) is 15.0. The van der Waals surface area contributed by atoms with Gasteiger partial charge in [0.2, 0.25) is 0 Å². The lowest BCUT2D eigenvalue weighted by Gasteiger charge is -2.41. The first kappa shape index (κ1) is 18.6. The predicted octanol–water partition coefficient (Wildman–Crippen LogP) is 2.39. The fourth-order valence-electron chi connectivity index (χ4n) is 4.96. The Morgan fingerprint density at radius 2 is 2.06 bits per heavy atom. The zero-order valence-corrected chi connectivity index (χ0v) is 18.0. The highest BCUT2D eigenvalue weighted by Crippen LogP contribution is 2.53. The molecule has 1 saturated heterocycles. The second-order valence-electron chi connectivity index (χ2n) is 9.45. The number of carbonyl (C=O) groups is 1. The van der Waals surface area contributed by atoms with Gasteiger partial charge >= 0.3 is 0 Å². The van der Waals surface area contributed by atoms with Gasteiger partial charge in [-0.15, -0.1) is 0 Å². The Kier molecular flexibility index (Phi) is 4.00. The molecule has 0 radical (unpaired) electrons. The molecule has 3 aliphatic rings. The van der Waals surface area contributed by atoms with E-state index in [2.05, 4.69) is 39.2 Å². The highest BCUT2D eigenvalue weighted by Gasteiger charge is 2.52. The standard InChI is InChI=1S/C23H27N7O/c1-15-16(3-6-20(26-15)30-11-23(12-30)7-8-23)9-29-10-18(24-14-29)22(31)27-17-4-5-19-21(17)25-13-28(19)2/h3,6,10,13-14,17H,4-5,7-9,11-12H2,1-2H3,(H,27,31)/t17-/m1/s1. The summed E-state index contributed by atoms with van der Waals surface area (Å²) in [4.78, 5) is 28.7. The molecule has 0 unspecified atom stereocenters. The first-order valence-corrected chi connectivity index (χ1v) is 11.0. The Morgan fingerprint density at radius 3 is 2.84 bits per heavy atom. The maximum absolute atomic E-state index is 12.7. The summed E-state index contributed by atoms with van der Waals surface area (Å²) in [6.07, 6.45) is 9.91. The SMILES string of the molecule is Cc1nc(N2CC3(CC3)C2)ccc1Cn1cnc(C(=O)N[C@@H]2CCc3c2ncn3C)c1. The van der Waals surface area contributed by atoms with Crippen molar-refractivity contribution in [3.05, 3.63) is 59.3 Å². The number of amides is 1. The van der Waals surface area contributed by atoms with E-state index in [-0.39, 0.29) is 11.9 Å². The number of hydrogen-bond donors (Lipinski definition) is 1. The lowest BCUT2D eigenvalue weighted by Crippen LogP contribution is -2.48. The molecule has 3 aromatic rings. The Balaban J connectivity index is 1.11. The number of nitrogens with one attached hydrogen (secondary N) is 1. The lowest BCUT2D eigenvalue weighted by atomic mass is 9.97. The number of aryl methyl sites for hydroxylation is 2. The Hall–Kier alpha value is -3.16. The molecule has 1 saturated carbocycles. The van der Waals surface area contributed by atoms with Gasteiger partial charge in [-0.05, 0) is 44.2 Å². The van der Waals surface area contributed by atoms with E-state index in [9.17, 15) is 4.79 Å². The zero-order chi connectivity index (χ0) is 21.2. The van der Waals surface area contributed by atoms with Crippen LogP contribution in [0.3, 0.4) is 0 Å². The summed E-state index contributed by atoms with van der Waals surface area (Å²) in [6.45, 7) is 5.01. The van der Waals surface area contributed by atoms with E-state index in [0.717, 1.165) is 48.7 Å². The van der Waals surface area contributed by atoms with Gasteiger partial charge in [0, 0.05) is 43.1 Å². The van der Waals surface area contributed by atoms with E-state index < -0.39 is 0 Å². The molecule has 3 aromatic heterocycles. The molecule has 1 spiro atoms. The number of carbonyl (C=O) groups excluding carboxylic acids is 1. The Bertz CT molecular complexity index is 1160. The third kappa shape index (κ3) is 3.21. The number of aromatic nitrogens is 5. The van der Waals surface area contributed by atoms with Gasteiger partial charge in [0.15, 0.2) is 0 Å². The second kappa shape index (κ2) is 6.67. The van der Waals surface area contributed by atoms with Crippen molar-refractivity contribution in [1.82, 2.24) is 29.4 Å². The van der Waals surface area contributed by atoms with Crippen LogP contribution in [0.2, 0.25) is 0 Å². The van der Waals surface area contributed by atoms with Gasteiger partial charge < -0.3 is 19.4 Å². The molecule has 0 bridgehead atoms. The minimum Gasteiger partial charge on any atom is -0.355 e. The average molecular weight is 418 g/mol. The average Bonchev–Trinajstić information content (AvgIpc) is 3.04. The molecule has 31 heavy (non-hydrogen) atoms. The van der Waals surface area contributed by atoms with Gasteiger partial charge in [-0.1, -0.05) is 6.07 Å². The normalized spacial score (nSPS) is 20.6. The van der Waals surface area contributed by atoms with Crippen LogP contribution in [0.4, 0.5) is 5.82 Å². The molecule has 8 heteroatoms. The van der Waals surface area contributed by atoms with Gasteiger partial charge in [-0.25, -0.2) is 15.0 Å². The molecule has 1 aliphatic heterocycles. The fourth-order valence-corrected chi connectivity index (χ4v) is 4.96. The number of imidazole rings is 2. The van der Waals surface area contributed by atoms with Crippen molar-refractivity contribution in [3.8, 4) is 0 Å². The summed E-state index contributed by atoms with van der Waals surface area (Å²) in [6, 6.07) is 4.23. The molecule has 2 aliphatic carbocycles. The number of rotatable bonds is 5. The predicted molar refractivity (Wildman–Crippen MR) is 116 cm³/mol. The van der Waals surface area contributed by atoms with E-state index in [4.69, 9.17) is 4.98 Å². The van der Waals surface area contributed by atoms with Crippen LogP contribution in [0.5, 0.6) is 0 Å². The summed E-state index contributed by atoms with van der Waals surface area (Å²) >= 11 is 0. The monoisotopic (exact) mass is 417 g/mol. The van der Waals surface area contributed by atoms with Gasteiger partial charge in [0.05, 0.1) is 30.9 Å². The van der Waals surface area contributed by atoms with E-state index in [0.29, 0.717) is 17.7 Å². The molecule has 2 fully saturated rings. The van der Waals surface area contributed by atoms with Gasteiger partial charge in [-0.3, -0.25) is 4.79 Å². The van der Waals surface area contributed by atoms with Gasteiger partial charge in [-0.2, -0.15) is 0 Å². The zero-order valence-electron chi connectivity index (χ0n) is 18.0. The van der Waals surface area contributed by atoms with Crippen molar-refractivity contribution in [3.63, 3.8) is 0 Å². The third-order valence-electron chi connectivity index (χ3n) is 7.13. The van der Waals surface area contributed by atoms with Crippen molar-refractivity contribution >= 4 is 11.7 Å². The summed E-state index contributed by atoms with van der Waals surface area (Å²) in [5.41, 5.74) is 5.41. The topological polar surface area (TPSA) is 80.9 Å². The van der Waals surface area contributed by atoms with E-state index in [1.165, 1.54) is 18.5 Å². The summed E-state index contributed by atoms with van der Waals surface area (Å²) < 4.78 is 3.98. The second-order valence-corrected chi connectivity index (χ2v) is 9.45. The molecule has 4 heterocycles. The van der Waals surface area contributed by atoms with E-state index in [1.807, 2.05) is 28.7 Å². The van der Waals surface area contributed by atoms with Crippen LogP contribution >= 0.6 is 0 Å². The molecule has 160 valence electrons. The molecule has 1 amide bonds. The van der Waals surface area contributed by atoms with Crippen LogP contribution < -0.4 is 10.2 Å². The van der Waals surface area contributed by atoms with Crippen LogP contribution in [0.15, 0.2) is 31.0 Å². The highest BCUT2D eigenvalue weighted by molar-refractivity contribution is 5.92.